The number of carbonyl (C=O) groups is 3. The first-order valence-electron chi connectivity index (χ1n) is 10.5. The van der Waals surface area contributed by atoms with Gasteiger partial charge >= 0.3 is 5.97 Å². The summed E-state index contributed by atoms with van der Waals surface area (Å²) in [5, 5.41) is 3.08. The smallest absolute Gasteiger partial charge is 0.341 e. The van der Waals surface area contributed by atoms with Crippen LogP contribution in [0.5, 0.6) is 11.5 Å². The summed E-state index contributed by atoms with van der Waals surface area (Å²) < 4.78 is 15.7. The quantitative estimate of drug-likeness (QED) is 0.625. The highest BCUT2D eigenvalue weighted by molar-refractivity contribution is 7.18. The average molecular weight is 461 g/mol. The Bertz CT molecular complexity index is 1010. The highest BCUT2D eigenvalue weighted by Gasteiger charge is 2.29. The van der Waals surface area contributed by atoms with Gasteiger partial charge in [-0.1, -0.05) is 0 Å². The minimum absolute atomic E-state index is 0.121. The maximum Gasteiger partial charge on any atom is 0.341 e. The fourth-order valence-corrected chi connectivity index (χ4v) is 4.81. The van der Waals surface area contributed by atoms with Crippen molar-refractivity contribution in [3.05, 3.63) is 39.8 Å². The van der Waals surface area contributed by atoms with Gasteiger partial charge in [-0.05, 0) is 56.9 Å². The fourth-order valence-electron chi connectivity index (χ4n) is 3.65. The van der Waals surface area contributed by atoms with Crippen LogP contribution in [0, 0.1) is 6.92 Å². The average Bonchev–Trinajstić information content (AvgIpc) is 3.14. The third-order valence-electron chi connectivity index (χ3n) is 5.34. The van der Waals surface area contributed by atoms with E-state index in [-0.39, 0.29) is 18.1 Å². The molecule has 1 aliphatic rings. The molecule has 2 aromatic rings. The van der Waals surface area contributed by atoms with Gasteiger partial charge in [0.2, 0.25) is 0 Å². The highest BCUT2D eigenvalue weighted by Crippen LogP contribution is 2.36. The zero-order valence-electron chi connectivity index (χ0n) is 18.8. The van der Waals surface area contributed by atoms with Crippen LogP contribution in [0.1, 0.15) is 62.1 Å². The van der Waals surface area contributed by atoms with E-state index in [0.717, 1.165) is 30.6 Å². The summed E-state index contributed by atoms with van der Waals surface area (Å²) in [4.78, 5) is 41.0. The van der Waals surface area contributed by atoms with Crippen LogP contribution in [-0.4, -0.2) is 56.6 Å². The second-order valence-corrected chi connectivity index (χ2v) is 8.38. The van der Waals surface area contributed by atoms with Crippen molar-refractivity contribution in [2.75, 3.05) is 39.2 Å². The molecule has 32 heavy (non-hydrogen) atoms. The molecule has 1 aliphatic heterocycles. The molecule has 172 valence electrons. The van der Waals surface area contributed by atoms with E-state index in [9.17, 15) is 14.4 Å². The Labute approximate surface area is 191 Å². The van der Waals surface area contributed by atoms with E-state index in [0.29, 0.717) is 45.6 Å². The molecule has 9 heteroatoms. The van der Waals surface area contributed by atoms with E-state index in [1.165, 1.54) is 14.2 Å². The van der Waals surface area contributed by atoms with E-state index < -0.39 is 11.9 Å². The van der Waals surface area contributed by atoms with E-state index in [1.54, 1.807) is 36.9 Å². The molecule has 0 unspecified atom stereocenters. The lowest BCUT2D eigenvalue weighted by Crippen LogP contribution is -2.35. The molecule has 0 spiro atoms. The van der Waals surface area contributed by atoms with Gasteiger partial charge < -0.3 is 24.4 Å². The van der Waals surface area contributed by atoms with Crippen molar-refractivity contribution in [2.24, 2.45) is 0 Å². The molecular formula is C23H28N2O6S. The Morgan fingerprint density at radius 1 is 1.06 bits per heavy atom. The van der Waals surface area contributed by atoms with Gasteiger partial charge in [0, 0.05) is 18.7 Å². The van der Waals surface area contributed by atoms with Crippen LogP contribution in [0.3, 0.4) is 0 Å². The number of esters is 1. The molecule has 0 radical (unpaired) electrons. The van der Waals surface area contributed by atoms with E-state index in [2.05, 4.69) is 5.32 Å². The molecule has 1 fully saturated rings. The van der Waals surface area contributed by atoms with Crippen molar-refractivity contribution in [1.82, 2.24) is 4.90 Å². The summed E-state index contributed by atoms with van der Waals surface area (Å²) in [6.45, 7) is 5.00. The summed E-state index contributed by atoms with van der Waals surface area (Å²) in [5.41, 5.74) is 1.06. The molecule has 0 atom stereocenters. The normalized spacial score (nSPS) is 13.4. The van der Waals surface area contributed by atoms with Crippen LogP contribution in [0.4, 0.5) is 5.00 Å². The lowest BCUT2D eigenvalue weighted by Gasteiger charge is -2.26. The number of amides is 2. The molecule has 8 nitrogen and oxygen atoms in total. The maximum absolute atomic E-state index is 13.1. The number of hydrogen-bond acceptors (Lipinski definition) is 7. The summed E-state index contributed by atoms with van der Waals surface area (Å²) in [6, 6.07) is 4.78. The Balaban J connectivity index is 1.94. The number of anilines is 1. The number of methoxy groups -OCH3 is 2. The molecule has 1 N–H and O–H groups in total. The molecule has 0 bridgehead atoms. The largest absolute Gasteiger partial charge is 0.493 e. The second-order valence-electron chi connectivity index (χ2n) is 7.36. The van der Waals surface area contributed by atoms with Crippen molar-refractivity contribution in [1.29, 1.82) is 0 Å². The van der Waals surface area contributed by atoms with Crippen LogP contribution in [0.25, 0.3) is 0 Å². The minimum atomic E-state index is -0.568. The third kappa shape index (κ3) is 4.88. The Hall–Kier alpha value is -3.07. The van der Waals surface area contributed by atoms with E-state index in [1.807, 2.05) is 0 Å². The van der Waals surface area contributed by atoms with Crippen molar-refractivity contribution in [3.63, 3.8) is 0 Å². The highest BCUT2D eigenvalue weighted by atomic mass is 32.1. The first-order chi connectivity index (χ1) is 15.4. The number of benzene rings is 1. The molecule has 0 aliphatic carbocycles. The maximum atomic E-state index is 13.1. The number of nitrogens with zero attached hydrogens (tertiary/aromatic N) is 1. The summed E-state index contributed by atoms with van der Waals surface area (Å²) in [6.07, 6.45) is 3.03. The molecule has 3 rings (SSSR count). The molecule has 1 aromatic heterocycles. The van der Waals surface area contributed by atoms with E-state index in [4.69, 9.17) is 14.2 Å². The lowest BCUT2D eigenvalue weighted by atomic mass is 10.1. The Morgan fingerprint density at radius 2 is 1.75 bits per heavy atom. The van der Waals surface area contributed by atoms with Gasteiger partial charge in [-0.25, -0.2) is 4.79 Å². The zero-order valence-corrected chi connectivity index (χ0v) is 19.6. The number of nitrogens with one attached hydrogen (secondary N) is 1. The predicted molar refractivity (Wildman–Crippen MR) is 122 cm³/mol. The monoisotopic (exact) mass is 460 g/mol. The number of likely N-dealkylation sites (tertiary alicyclic amines) is 1. The summed E-state index contributed by atoms with van der Waals surface area (Å²) in [5.74, 6) is -0.215. The van der Waals surface area contributed by atoms with Crippen LogP contribution < -0.4 is 14.8 Å². The van der Waals surface area contributed by atoms with E-state index >= 15 is 0 Å². The van der Waals surface area contributed by atoms with Crippen LogP contribution in [0.15, 0.2) is 18.2 Å². The number of piperidine rings is 1. The van der Waals surface area contributed by atoms with Gasteiger partial charge in [-0.2, -0.15) is 0 Å². The van der Waals surface area contributed by atoms with Gasteiger partial charge in [0.05, 0.1) is 31.3 Å². The predicted octanol–water partition coefficient (Wildman–Crippen LogP) is 4.13. The van der Waals surface area contributed by atoms with Crippen LogP contribution in [-0.2, 0) is 4.74 Å². The Kier molecular flexibility index (Phi) is 7.74. The fraction of sp³-hybridized carbons (Fsp3) is 0.435. The number of hydrogen-bond donors (Lipinski definition) is 1. The first kappa shape index (κ1) is 23.6. The minimum Gasteiger partial charge on any atom is -0.493 e. The molecule has 0 saturated carbocycles. The molecular weight excluding hydrogens is 432 g/mol. The topological polar surface area (TPSA) is 94.2 Å². The SMILES string of the molecule is CCOC(=O)c1c(NC(=O)c2ccc(OC)c(OC)c2)sc(C(=O)N2CCCCC2)c1C. The summed E-state index contributed by atoms with van der Waals surface area (Å²) >= 11 is 1.10. The van der Waals surface area contributed by atoms with Crippen molar-refractivity contribution >= 4 is 34.1 Å². The number of carbonyl (C=O) groups excluding carboxylic acids is 3. The lowest BCUT2D eigenvalue weighted by molar-refractivity contribution is 0.0527. The Morgan fingerprint density at radius 3 is 2.38 bits per heavy atom. The van der Waals surface area contributed by atoms with Crippen LogP contribution >= 0.6 is 11.3 Å². The van der Waals surface area contributed by atoms with Gasteiger partial charge in [0.25, 0.3) is 11.8 Å². The number of rotatable bonds is 7. The van der Waals surface area contributed by atoms with Gasteiger partial charge in [0.15, 0.2) is 11.5 Å². The molecule has 1 saturated heterocycles. The first-order valence-corrected chi connectivity index (χ1v) is 11.4. The molecule has 1 aromatic carbocycles. The van der Waals surface area contributed by atoms with Crippen LogP contribution in [0.2, 0.25) is 0 Å². The van der Waals surface area contributed by atoms with Crippen molar-refractivity contribution in [2.45, 2.75) is 33.1 Å². The third-order valence-corrected chi connectivity index (χ3v) is 6.53. The second kappa shape index (κ2) is 10.5. The molecule has 2 heterocycles. The standard InChI is InChI=1S/C23H28N2O6S/c1-5-31-23(28)18-14(2)19(22(27)25-11-7-6-8-12-25)32-21(18)24-20(26)15-9-10-16(29-3)17(13-15)30-4/h9-10,13H,5-8,11-12H2,1-4H3,(H,24,26). The summed E-state index contributed by atoms with van der Waals surface area (Å²) in [7, 11) is 3.00. The molecule has 2 amide bonds. The van der Waals surface area contributed by atoms with Gasteiger partial charge in [0.1, 0.15) is 5.00 Å². The van der Waals surface area contributed by atoms with Gasteiger partial charge in [-0.3, -0.25) is 9.59 Å². The number of ether oxygens (including phenoxy) is 3. The van der Waals surface area contributed by atoms with Crippen molar-refractivity contribution in [3.8, 4) is 11.5 Å². The van der Waals surface area contributed by atoms with Crippen molar-refractivity contribution < 1.29 is 28.6 Å². The van der Waals surface area contributed by atoms with Gasteiger partial charge in [-0.15, -0.1) is 11.3 Å². The number of thiophene rings is 1. The zero-order chi connectivity index (χ0) is 23.3.